The lowest BCUT2D eigenvalue weighted by molar-refractivity contribution is 0.0717. The average molecular weight is 431 g/mol. The lowest BCUT2D eigenvalue weighted by Gasteiger charge is -2.32. The molecule has 2 aliphatic rings. The molecule has 1 saturated heterocycles. The quantitative estimate of drug-likeness (QED) is 0.609. The molecule has 3 aromatic rings. The van der Waals surface area contributed by atoms with Gasteiger partial charge < -0.3 is 14.8 Å². The zero-order chi connectivity index (χ0) is 22.2. The molecule has 0 spiro atoms. The number of pyridine rings is 1. The second-order valence-corrected chi connectivity index (χ2v) is 9.43. The van der Waals surface area contributed by atoms with Crippen molar-refractivity contribution in [2.75, 3.05) is 24.5 Å². The highest BCUT2D eigenvalue weighted by Gasteiger charge is 2.29. The molecule has 2 aromatic heterocycles. The van der Waals surface area contributed by atoms with Gasteiger partial charge in [-0.1, -0.05) is 37.6 Å². The molecular weight excluding hydrogens is 396 g/mol. The minimum atomic E-state index is 0.118. The molecule has 5 nitrogen and oxygen atoms in total. The minimum Gasteiger partial charge on any atom is -0.355 e. The number of piperidine rings is 1. The van der Waals surface area contributed by atoms with Crippen LogP contribution in [0.25, 0.3) is 10.9 Å². The maximum Gasteiger partial charge on any atom is 0.272 e. The second kappa shape index (κ2) is 8.61. The van der Waals surface area contributed by atoms with Gasteiger partial charge in [-0.3, -0.25) is 4.79 Å². The van der Waals surface area contributed by atoms with E-state index in [4.69, 9.17) is 4.98 Å². The number of nitrogens with one attached hydrogen (secondary N) is 1. The summed E-state index contributed by atoms with van der Waals surface area (Å²) in [6.45, 7) is 9.94. The summed E-state index contributed by atoms with van der Waals surface area (Å²) < 4.78 is 0. The molecule has 0 aliphatic carbocycles. The van der Waals surface area contributed by atoms with Crippen molar-refractivity contribution < 1.29 is 4.79 Å². The van der Waals surface area contributed by atoms with E-state index in [0.29, 0.717) is 5.69 Å². The summed E-state index contributed by atoms with van der Waals surface area (Å²) in [6, 6.07) is 8.69. The number of aromatic nitrogens is 2. The van der Waals surface area contributed by atoms with Crippen LogP contribution in [0.15, 0.2) is 24.3 Å². The Bertz CT molecular complexity index is 1160. The van der Waals surface area contributed by atoms with Crippen LogP contribution in [0.5, 0.6) is 0 Å². The first-order valence-electron chi connectivity index (χ1n) is 12.2. The third-order valence-corrected chi connectivity index (χ3v) is 7.30. The van der Waals surface area contributed by atoms with Crippen LogP contribution in [0.4, 0.5) is 5.82 Å². The number of benzene rings is 1. The van der Waals surface area contributed by atoms with Crippen molar-refractivity contribution in [3.63, 3.8) is 0 Å². The Balaban J connectivity index is 1.67. The number of rotatable bonds is 4. The predicted molar refractivity (Wildman–Crippen MR) is 131 cm³/mol. The Morgan fingerprint density at radius 1 is 1.06 bits per heavy atom. The van der Waals surface area contributed by atoms with Gasteiger partial charge in [-0.2, -0.15) is 0 Å². The van der Waals surface area contributed by atoms with Crippen molar-refractivity contribution in [2.24, 2.45) is 0 Å². The van der Waals surface area contributed by atoms with Crippen molar-refractivity contribution in [1.82, 2.24) is 14.9 Å². The van der Waals surface area contributed by atoms with Crippen molar-refractivity contribution in [2.45, 2.75) is 65.8 Å². The summed E-state index contributed by atoms with van der Waals surface area (Å²) in [6.07, 6.45) is 6.28. The first kappa shape index (κ1) is 21.0. The van der Waals surface area contributed by atoms with Gasteiger partial charge in [-0.15, -0.1) is 0 Å². The zero-order valence-electron chi connectivity index (χ0n) is 19.6. The molecular formula is C27H34N4O. The van der Waals surface area contributed by atoms with Gasteiger partial charge in [0, 0.05) is 37.3 Å². The minimum absolute atomic E-state index is 0.118. The van der Waals surface area contributed by atoms with E-state index >= 15 is 0 Å². The van der Waals surface area contributed by atoms with Gasteiger partial charge in [-0.25, -0.2) is 4.98 Å². The van der Waals surface area contributed by atoms with Crippen LogP contribution in [-0.2, 0) is 19.4 Å². The van der Waals surface area contributed by atoms with E-state index in [9.17, 15) is 4.79 Å². The molecule has 168 valence electrons. The summed E-state index contributed by atoms with van der Waals surface area (Å²) in [4.78, 5) is 26.9. The van der Waals surface area contributed by atoms with Crippen molar-refractivity contribution in [3.05, 3.63) is 57.9 Å². The Labute approximate surface area is 190 Å². The van der Waals surface area contributed by atoms with Crippen molar-refractivity contribution in [3.8, 4) is 0 Å². The number of fused-ring (bicyclic) bond motifs is 2. The van der Waals surface area contributed by atoms with E-state index in [1.54, 1.807) is 0 Å². The SMILES string of the molecule is CCCc1c(C(=O)N2CCCCC2)nc(N2CCc3ccccc3C2)c2[nH]c(C)c(C)c12. The van der Waals surface area contributed by atoms with Crippen LogP contribution in [0, 0.1) is 13.8 Å². The van der Waals surface area contributed by atoms with Crippen LogP contribution < -0.4 is 4.90 Å². The van der Waals surface area contributed by atoms with Crippen LogP contribution in [0.2, 0.25) is 0 Å². The molecule has 5 heteroatoms. The van der Waals surface area contributed by atoms with Gasteiger partial charge >= 0.3 is 0 Å². The smallest absolute Gasteiger partial charge is 0.272 e. The number of likely N-dealkylation sites (tertiary alicyclic amines) is 1. The normalized spacial score (nSPS) is 16.5. The largest absolute Gasteiger partial charge is 0.355 e. The zero-order valence-corrected chi connectivity index (χ0v) is 19.6. The van der Waals surface area contributed by atoms with Crippen LogP contribution >= 0.6 is 0 Å². The number of carbonyl (C=O) groups excluding carboxylic acids is 1. The molecule has 2 aliphatic heterocycles. The summed E-state index contributed by atoms with van der Waals surface area (Å²) in [5.41, 5.74) is 8.09. The lowest BCUT2D eigenvalue weighted by atomic mass is 9.97. The molecule has 0 saturated carbocycles. The number of carbonyl (C=O) groups is 1. The third kappa shape index (κ3) is 3.58. The maximum atomic E-state index is 13.7. The summed E-state index contributed by atoms with van der Waals surface area (Å²) in [7, 11) is 0. The Hall–Kier alpha value is -2.82. The van der Waals surface area contributed by atoms with Gasteiger partial charge in [0.25, 0.3) is 5.91 Å². The molecule has 0 atom stereocenters. The van der Waals surface area contributed by atoms with E-state index in [0.717, 1.165) is 75.2 Å². The predicted octanol–water partition coefficient (Wildman–Crippen LogP) is 5.32. The molecule has 0 radical (unpaired) electrons. The van der Waals surface area contributed by atoms with Gasteiger partial charge in [0.15, 0.2) is 5.82 Å². The van der Waals surface area contributed by atoms with E-state index in [-0.39, 0.29) is 5.91 Å². The Morgan fingerprint density at radius 2 is 1.81 bits per heavy atom. The lowest BCUT2D eigenvalue weighted by Crippen LogP contribution is -2.37. The molecule has 4 heterocycles. The molecule has 1 aromatic carbocycles. The number of nitrogens with zero attached hydrogens (tertiary/aromatic N) is 3. The number of amides is 1. The number of hydrogen-bond acceptors (Lipinski definition) is 3. The van der Waals surface area contributed by atoms with Crippen LogP contribution in [0.3, 0.4) is 0 Å². The van der Waals surface area contributed by atoms with Gasteiger partial charge in [0.2, 0.25) is 0 Å². The second-order valence-electron chi connectivity index (χ2n) is 9.43. The first-order valence-corrected chi connectivity index (χ1v) is 12.2. The van der Waals surface area contributed by atoms with Gasteiger partial charge in [0.1, 0.15) is 5.69 Å². The molecule has 1 amide bonds. The molecule has 1 N–H and O–H groups in total. The third-order valence-electron chi connectivity index (χ3n) is 7.30. The number of aromatic amines is 1. The summed E-state index contributed by atoms with van der Waals surface area (Å²) in [5, 5.41) is 1.22. The monoisotopic (exact) mass is 430 g/mol. The fourth-order valence-electron chi connectivity index (χ4n) is 5.43. The fourth-order valence-corrected chi connectivity index (χ4v) is 5.43. The molecule has 1 fully saturated rings. The molecule has 0 bridgehead atoms. The highest BCUT2D eigenvalue weighted by Crippen LogP contribution is 2.36. The van der Waals surface area contributed by atoms with Gasteiger partial charge in [0.05, 0.1) is 5.52 Å². The standard InChI is InChI=1S/C27H34N4O/c1-4-10-22-23-18(2)19(3)28-25(23)26(29-24(22)27(32)30-14-8-5-9-15-30)31-16-13-20-11-6-7-12-21(20)17-31/h6-7,11-12,28H,4-5,8-10,13-17H2,1-3H3. The van der Waals surface area contributed by atoms with E-state index in [1.165, 1.54) is 34.2 Å². The number of H-pyrrole nitrogens is 1. The van der Waals surface area contributed by atoms with Crippen molar-refractivity contribution >= 4 is 22.6 Å². The molecule has 5 rings (SSSR count). The topological polar surface area (TPSA) is 52.2 Å². The van der Waals surface area contributed by atoms with Crippen LogP contribution in [0.1, 0.15) is 71.0 Å². The summed E-state index contributed by atoms with van der Waals surface area (Å²) in [5.74, 6) is 1.05. The van der Waals surface area contributed by atoms with Crippen molar-refractivity contribution in [1.29, 1.82) is 0 Å². The Morgan fingerprint density at radius 3 is 2.56 bits per heavy atom. The average Bonchev–Trinajstić information content (AvgIpc) is 3.13. The van der Waals surface area contributed by atoms with E-state index < -0.39 is 0 Å². The van der Waals surface area contributed by atoms with Crippen LogP contribution in [-0.4, -0.2) is 40.4 Å². The first-order chi connectivity index (χ1) is 15.6. The molecule has 0 unspecified atom stereocenters. The molecule has 32 heavy (non-hydrogen) atoms. The highest BCUT2D eigenvalue weighted by atomic mass is 16.2. The van der Waals surface area contributed by atoms with E-state index in [2.05, 4.69) is 54.9 Å². The van der Waals surface area contributed by atoms with Gasteiger partial charge in [-0.05, 0) is 68.2 Å². The summed E-state index contributed by atoms with van der Waals surface area (Å²) >= 11 is 0. The maximum absolute atomic E-state index is 13.7. The van der Waals surface area contributed by atoms with E-state index in [1.807, 2.05) is 4.90 Å². The highest BCUT2D eigenvalue weighted by molar-refractivity contribution is 6.04. The number of aryl methyl sites for hydroxylation is 3. The number of anilines is 1. The number of hydrogen-bond donors (Lipinski definition) is 1. The fraction of sp³-hybridized carbons (Fsp3) is 0.481. The Kier molecular flexibility index (Phi) is 5.66.